The minimum absolute atomic E-state index is 0.000634. The highest BCUT2D eigenvalue weighted by molar-refractivity contribution is 5.95. The Kier molecular flexibility index (Phi) is 2.47. The average molecular weight is 243 g/mol. The molecule has 0 aromatic carbocycles. The largest absolute Gasteiger partial charge is 0.409 e. The summed E-state index contributed by atoms with van der Waals surface area (Å²) in [6.07, 6.45) is 6.04. The lowest BCUT2D eigenvalue weighted by Crippen LogP contribution is -2.15. The van der Waals surface area contributed by atoms with Gasteiger partial charge in [-0.1, -0.05) is 5.16 Å². The minimum atomic E-state index is 0.000634. The molecule has 0 unspecified atom stereocenters. The summed E-state index contributed by atoms with van der Waals surface area (Å²) >= 11 is 0. The Morgan fingerprint density at radius 3 is 2.83 bits per heavy atom. The lowest BCUT2D eigenvalue weighted by atomic mass is 10.3. The third-order valence-corrected chi connectivity index (χ3v) is 2.99. The number of hydrogen-bond acceptors (Lipinski definition) is 4. The number of nitrogens with two attached hydrogens (primary N) is 1. The van der Waals surface area contributed by atoms with Crippen LogP contribution in [0.2, 0.25) is 0 Å². The molecular weight excluding hydrogens is 230 g/mol. The van der Waals surface area contributed by atoms with Gasteiger partial charge in [-0.3, -0.25) is 4.98 Å². The maximum Gasteiger partial charge on any atom is 0.188 e. The van der Waals surface area contributed by atoms with Crippen molar-refractivity contribution in [3.8, 4) is 5.69 Å². The van der Waals surface area contributed by atoms with Crippen LogP contribution in [0.3, 0.4) is 0 Å². The summed E-state index contributed by atoms with van der Waals surface area (Å²) in [5, 5.41) is 16.0. The molecule has 2 aromatic rings. The molecule has 1 saturated carbocycles. The van der Waals surface area contributed by atoms with Gasteiger partial charge in [-0.15, -0.1) is 0 Å². The molecule has 3 rings (SSSR count). The summed E-state index contributed by atoms with van der Waals surface area (Å²) in [5.74, 6) is 0.635. The molecule has 6 nitrogen and oxygen atoms in total. The number of pyridine rings is 1. The summed E-state index contributed by atoms with van der Waals surface area (Å²) in [5.41, 5.74) is 7.88. The van der Waals surface area contributed by atoms with Gasteiger partial charge in [0.1, 0.15) is 5.69 Å². The number of nitrogens with zero attached hydrogens (tertiary/aromatic N) is 4. The molecular formula is C12H13N5O. The second-order valence-corrected chi connectivity index (χ2v) is 4.35. The van der Waals surface area contributed by atoms with E-state index in [9.17, 15) is 0 Å². The Hall–Kier alpha value is -2.37. The fraction of sp³-hybridized carbons (Fsp3) is 0.250. The number of amidine groups is 1. The average Bonchev–Trinajstić information content (AvgIpc) is 3.16. The van der Waals surface area contributed by atoms with Gasteiger partial charge in [0.15, 0.2) is 5.84 Å². The summed E-state index contributed by atoms with van der Waals surface area (Å²) in [6, 6.07) is 5.57. The summed E-state index contributed by atoms with van der Waals surface area (Å²) in [6.45, 7) is 0. The van der Waals surface area contributed by atoms with Crippen molar-refractivity contribution in [2.45, 2.75) is 18.8 Å². The van der Waals surface area contributed by atoms with Gasteiger partial charge in [0.05, 0.1) is 17.6 Å². The van der Waals surface area contributed by atoms with Gasteiger partial charge in [0.2, 0.25) is 0 Å². The van der Waals surface area contributed by atoms with Gasteiger partial charge in [-0.25, -0.2) is 4.68 Å². The molecule has 2 aromatic heterocycles. The third-order valence-electron chi connectivity index (χ3n) is 2.99. The van der Waals surface area contributed by atoms with Crippen LogP contribution in [-0.2, 0) is 0 Å². The van der Waals surface area contributed by atoms with Crippen molar-refractivity contribution >= 4 is 5.84 Å². The van der Waals surface area contributed by atoms with Crippen molar-refractivity contribution in [2.24, 2.45) is 10.9 Å². The smallest absolute Gasteiger partial charge is 0.188 e. The van der Waals surface area contributed by atoms with Crippen molar-refractivity contribution in [3.05, 3.63) is 42.0 Å². The molecule has 3 N–H and O–H groups in total. The van der Waals surface area contributed by atoms with E-state index < -0.39 is 0 Å². The Morgan fingerprint density at radius 1 is 1.39 bits per heavy atom. The second-order valence-electron chi connectivity index (χ2n) is 4.35. The number of aromatic nitrogens is 3. The summed E-state index contributed by atoms with van der Waals surface area (Å²) in [7, 11) is 0. The first-order chi connectivity index (χ1) is 8.78. The van der Waals surface area contributed by atoms with Gasteiger partial charge in [0.25, 0.3) is 0 Å². The van der Waals surface area contributed by atoms with E-state index in [0.29, 0.717) is 11.6 Å². The Labute approximate surface area is 104 Å². The molecule has 92 valence electrons. The van der Waals surface area contributed by atoms with E-state index in [2.05, 4.69) is 15.2 Å². The van der Waals surface area contributed by atoms with E-state index in [1.165, 1.54) is 12.8 Å². The predicted molar refractivity (Wildman–Crippen MR) is 65.8 cm³/mol. The van der Waals surface area contributed by atoms with E-state index >= 15 is 0 Å². The minimum Gasteiger partial charge on any atom is -0.409 e. The molecule has 0 amide bonds. The van der Waals surface area contributed by atoms with E-state index in [1.54, 1.807) is 16.9 Å². The molecule has 2 heterocycles. The molecule has 1 fully saturated rings. The van der Waals surface area contributed by atoms with Crippen LogP contribution in [0, 0.1) is 0 Å². The van der Waals surface area contributed by atoms with Gasteiger partial charge >= 0.3 is 0 Å². The van der Waals surface area contributed by atoms with E-state index in [0.717, 1.165) is 11.4 Å². The highest BCUT2D eigenvalue weighted by atomic mass is 16.4. The van der Waals surface area contributed by atoms with Crippen LogP contribution < -0.4 is 5.73 Å². The first kappa shape index (κ1) is 10.8. The fourth-order valence-corrected chi connectivity index (χ4v) is 1.80. The zero-order valence-corrected chi connectivity index (χ0v) is 9.69. The molecule has 1 aliphatic rings. The normalized spacial score (nSPS) is 15.9. The standard InChI is InChI=1S/C12H13N5O/c13-12(16-18)11-4-3-9(7-14-11)17-6-5-10(15-17)8-1-2-8/h3-8,18H,1-2H2,(H2,13,16). The van der Waals surface area contributed by atoms with Crippen LogP contribution in [0.15, 0.2) is 35.7 Å². The fourth-order valence-electron chi connectivity index (χ4n) is 1.80. The first-order valence-electron chi connectivity index (χ1n) is 5.78. The van der Waals surface area contributed by atoms with Crippen LogP contribution in [0.25, 0.3) is 5.69 Å². The van der Waals surface area contributed by atoms with Crippen LogP contribution in [0.1, 0.15) is 30.1 Å². The molecule has 0 bridgehead atoms. The molecule has 0 aliphatic heterocycles. The highest BCUT2D eigenvalue weighted by Gasteiger charge is 2.25. The lowest BCUT2D eigenvalue weighted by molar-refractivity contribution is 0.318. The zero-order chi connectivity index (χ0) is 12.5. The van der Waals surface area contributed by atoms with E-state index in [4.69, 9.17) is 10.9 Å². The molecule has 0 spiro atoms. The van der Waals surface area contributed by atoms with Crippen molar-refractivity contribution in [2.75, 3.05) is 0 Å². The van der Waals surface area contributed by atoms with Crippen LogP contribution >= 0.6 is 0 Å². The van der Waals surface area contributed by atoms with Crippen LogP contribution in [0.4, 0.5) is 0 Å². The first-order valence-corrected chi connectivity index (χ1v) is 5.78. The predicted octanol–water partition coefficient (Wildman–Crippen LogP) is 1.24. The highest BCUT2D eigenvalue weighted by Crippen LogP contribution is 2.38. The Balaban J connectivity index is 1.87. The number of oxime groups is 1. The molecule has 0 atom stereocenters. The Morgan fingerprint density at radius 2 is 2.22 bits per heavy atom. The Bertz CT molecular complexity index is 583. The third kappa shape index (κ3) is 1.92. The van der Waals surface area contributed by atoms with Crippen molar-refractivity contribution in [3.63, 3.8) is 0 Å². The maximum absolute atomic E-state index is 8.55. The molecule has 0 saturated heterocycles. The van der Waals surface area contributed by atoms with Crippen molar-refractivity contribution in [1.82, 2.24) is 14.8 Å². The monoisotopic (exact) mass is 243 g/mol. The summed E-state index contributed by atoms with van der Waals surface area (Å²) < 4.78 is 1.79. The van der Waals surface area contributed by atoms with Crippen LogP contribution in [0.5, 0.6) is 0 Å². The lowest BCUT2D eigenvalue weighted by Gasteiger charge is -2.02. The topological polar surface area (TPSA) is 89.3 Å². The van der Waals surface area contributed by atoms with Gasteiger partial charge in [-0.2, -0.15) is 5.10 Å². The van der Waals surface area contributed by atoms with Gasteiger partial charge in [-0.05, 0) is 31.0 Å². The van der Waals surface area contributed by atoms with Crippen molar-refractivity contribution in [1.29, 1.82) is 0 Å². The zero-order valence-electron chi connectivity index (χ0n) is 9.69. The second kappa shape index (κ2) is 4.14. The molecule has 6 heteroatoms. The van der Waals surface area contributed by atoms with E-state index in [1.807, 2.05) is 18.3 Å². The molecule has 1 aliphatic carbocycles. The van der Waals surface area contributed by atoms with Crippen LogP contribution in [-0.4, -0.2) is 25.8 Å². The number of rotatable bonds is 3. The molecule has 18 heavy (non-hydrogen) atoms. The SMILES string of the molecule is N/C(=N/O)c1ccc(-n2ccc(C3CC3)n2)cn1. The van der Waals surface area contributed by atoms with Gasteiger partial charge in [0, 0.05) is 12.1 Å². The van der Waals surface area contributed by atoms with Crippen molar-refractivity contribution < 1.29 is 5.21 Å². The molecule has 0 radical (unpaired) electrons. The van der Waals surface area contributed by atoms with Gasteiger partial charge < -0.3 is 10.9 Å². The maximum atomic E-state index is 8.55. The summed E-state index contributed by atoms with van der Waals surface area (Å²) in [4.78, 5) is 4.12. The van der Waals surface area contributed by atoms with E-state index in [-0.39, 0.29) is 5.84 Å². The quantitative estimate of drug-likeness (QED) is 0.367. The number of hydrogen-bond donors (Lipinski definition) is 2.